The summed E-state index contributed by atoms with van der Waals surface area (Å²) in [5.74, 6) is -1.91. The predicted octanol–water partition coefficient (Wildman–Crippen LogP) is 10.8. The number of hydrogen-bond acceptors (Lipinski definition) is 4. The van der Waals surface area contributed by atoms with Gasteiger partial charge in [0.15, 0.2) is 17.4 Å². The Bertz CT molecular complexity index is 1320. The third kappa shape index (κ3) is 10.2. The molecule has 0 saturated heterocycles. The molecule has 0 saturated carbocycles. The van der Waals surface area contributed by atoms with E-state index in [1.165, 1.54) is 32.1 Å². The van der Waals surface area contributed by atoms with Gasteiger partial charge in [-0.3, -0.25) is 0 Å². The van der Waals surface area contributed by atoms with Gasteiger partial charge in [-0.05, 0) is 61.4 Å². The van der Waals surface area contributed by atoms with Crippen LogP contribution >= 0.6 is 0 Å². The Labute approximate surface area is 246 Å². The van der Waals surface area contributed by atoms with E-state index in [9.17, 15) is 17.6 Å². The van der Waals surface area contributed by atoms with Crippen LogP contribution in [0, 0.1) is 35.1 Å². The van der Waals surface area contributed by atoms with Crippen molar-refractivity contribution in [1.29, 1.82) is 0 Å². The molecule has 42 heavy (non-hydrogen) atoms. The minimum atomic E-state index is -1.60. The molecule has 0 fully saturated rings. The lowest BCUT2D eigenvalue weighted by Gasteiger charge is -2.10. The highest BCUT2D eigenvalue weighted by Crippen LogP contribution is 2.30. The van der Waals surface area contributed by atoms with E-state index in [4.69, 9.17) is 9.47 Å². The number of ether oxygens (including phenoxy) is 2. The summed E-state index contributed by atoms with van der Waals surface area (Å²) < 4.78 is 68.6. The highest BCUT2D eigenvalue weighted by Gasteiger charge is 2.26. The van der Waals surface area contributed by atoms with Crippen molar-refractivity contribution in [2.24, 2.45) is 10.2 Å². The second-order valence-corrected chi connectivity index (χ2v) is 9.98. The Morgan fingerprint density at radius 3 is 1.60 bits per heavy atom. The number of halogens is 4. The zero-order valence-electron chi connectivity index (χ0n) is 24.3. The molecule has 0 atom stereocenters. The fourth-order valence-corrected chi connectivity index (χ4v) is 4.09. The van der Waals surface area contributed by atoms with Crippen LogP contribution in [0.25, 0.3) is 0 Å². The normalized spacial score (nSPS) is 11.0. The lowest BCUT2D eigenvalue weighted by molar-refractivity contribution is 0.263. The summed E-state index contributed by atoms with van der Waals surface area (Å²) in [6.45, 7) is 4.86. The van der Waals surface area contributed by atoms with E-state index in [2.05, 4.69) is 29.0 Å². The van der Waals surface area contributed by atoms with Gasteiger partial charge in [-0.25, -0.2) is 8.78 Å². The van der Waals surface area contributed by atoms with E-state index in [-0.39, 0.29) is 6.61 Å². The van der Waals surface area contributed by atoms with Crippen LogP contribution in [0.5, 0.6) is 11.5 Å². The first-order valence-corrected chi connectivity index (χ1v) is 14.7. The molecule has 0 aliphatic rings. The topological polar surface area (TPSA) is 43.2 Å². The van der Waals surface area contributed by atoms with Gasteiger partial charge in [0.05, 0.1) is 24.6 Å². The third-order valence-corrected chi connectivity index (χ3v) is 6.55. The van der Waals surface area contributed by atoms with E-state index >= 15 is 0 Å². The number of rotatable bonds is 16. The van der Waals surface area contributed by atoms with Gasteiger partial charge in [0, 0.05) is 5.56 Å². The number of hydrogen-bond donors (Lipinski definition) is 0. The van der Waals surface area contributed by atoms with Crippen molar-refractivity contribution in [2.45, 2.75) is 78.1 Å². The maximum atomic E-state index is 14.5. The van der Waals surface area contributed by atoms with Gasteiger partial charge in [0.2, 0.25) is 11.6 Å². The van der Waals surface area contributed by atoms with Gasteiger partial charge >= 0.3 is 0 Å². The second-order valence-electron chi connectivity index (χ2n) is 9.98. The van der Waals surface area contributed by atoms with Crippen molar-refractivity contribution in [3.63, 3.8) is 0 Å². The Morgan fingerprint density at radius 2 is 1.02 bits per heavy atom. The molecular formula is C34H38F4N2O2. The molecule has 4 nitrogen and oxygen atoms in total. The Kier molecular flexibility index (Phi) is 13.9. The number of azo groups is 1. The lowest BCUT2D eigenvalue weighted by Crippen LogP contribution is -2.08. The summed E-state index contributed by atoms with van der Waals surface area (Å²) in [6.07, 6.45) is 10.4. The number of benzene rings is 3. The monoisotopic (exact) mass is 582 g/mol. The highest BCUT2D eigenvalue weighted by atomic mass is 19.2. The minimum absolute atomic E-state index is 0.0412. The number of nitrogens with zero attached hydrogens (tertiary/aromatic N) is 2. The molecule has 0 heterocycles. The summed E-state index contributed by atoms with van der Waals surface area (Å²) in [4.78, 5) is 0. The van der Waals surface area contributed by atoms with Crippen LogP contribution in [0.3, 0.4) is 0 Å². The van der Waals surface area contributed by atoms with Crippen molar-refractivity contribution >= 4 is 11.4 Å². The van der Waals surface area contributed by atoms with Gasteiger partial charge in [0.1, 0.15) is 11.3 Å². The summed E-state index contributed by atoms with van der Waals surface area (Å²) in [6, 6.07) is 13.7. The average Bonchev–Trinajstić information content (AvgIpc) is 3.01. The third-order valence-electron chi connectivity index (χ3n) is 6.55. The fourth-order valence-electron chi connectivity index (χ4n) is 4.09. The fraction of sp³-hybridized carbons (Fsp3) is 0.412. The predicted molar refractivity (Wildman–Crippen MR) is 158 cm³/mol. The van der Waals surface area contributed by atoms with Gasteiger partial charge in [-0.1, -0.05) is 77.1 Å². The van der Waals surface area contributed by atoms with Crippen molar-refractivity contribution in [1.82, 2.24) is 0 Å². The molecule has 0 unspecified atom stereocenters. The molecule has 224 valence electrons. The van der Waals surface area contributed by atoms with Crippen LogP contribution in [0.15, 0.2) is 58.8 Å². The van der Waals surface area contributed by atoms with Crippen LogP contribution in [0.4, 0.5) is 28.9 Å². The highest BCUT2D eigenvalue weighted by molar-refractivity contribution is 5.50. The quantitative estimate of drug-likeness (QED) is 0.0554. The van der Waals surface area contributed by atoms with Crippen molar-refractivity contribution < 1.29 is 27.0 Å². The zero-order valence-corrected chi connectivity index (χ0v) is 24.3. The molecule has 0 aliphatic heterocycles. The largest absolute Gasteiger partial charge is 0.494 e. The minimum Gasteiger partial charge on any atom is -0.494 e. The summed E-state index contributed by atoms with van der Waals surface area (Å²) in [5.41, 5.74) is 0.552. The molecule has 0 amide bonds. The molecule has 0 radical (unpaired) electrons. The van der Waals surface area contributed by atoms with Crippen molar-refractivity contribution in [3.05, 3.63) is 82.9 Å². The van der Waals surface area contributed by atoms with Crippen LogP contribution < -0.4 is 9.47 Å². The van der Waals surface area contributed by atoms with E-state index in [1.54, 1.807) is 24.3 Å². The zero-order chi connectivity index (χ0) is 30.2. The van der Waals surface area contributed by atoms with Crippen LogP contribution in [0.1, 0.15) is 89.2 Å². The smallest absolute Gasteiger partial charge is 0.205 e. The van der Waals surface area contributed by atoms with E-state index in [1.807, 2.05) is 31.2 Å². The first kappa shape index (κ1) is 32.7. The molecule has 0 spiro atoms. The Hall–Kier alpha value is -3.86. The second kappa shape index (κ2) is 17.8. The molecule has 0 bridgehead atoms. The molecule has 0 N–H and O–H groups in total. The van der Waals surface area contributed by atoms with Gasteiger partial charge < -0.3 is 9.47 Å². The van der Waals surface area contributed by atoms with Crippen molar-refractivity contribution in [2.75, 3.05) is 13.2 Å². The molecule has 8 heteroatoms. The summed E-state index contributed by atoms with van der Waals surface area (Å²) >= 11 is 0. The molecule has 0 aliphatic carbocycles. The molecule has 3 aromatic rings. The molecule has 3 rings (SSSR count). The average molecular weight is 583 g/mol. The van der Waals surface area contributed by atoms with Crippen molar-refractivity contribution in [3.8, 4) is 23.3 Å². The molecule has 3 aromatic carbocycles. The Balaban J connectivity index is 1.56. The standard InChI is InChI=1S/C34H38F4N2O2/c1-3-5-7-9-10-12-23-41-28-20-18-27(19-21-28)40-39-26-16-13-25(14-17-26)15-22-29-30(35)32(37)34(33(38)31(29)36)42-24-11-8-6-4-2/h13-14,16-21H,3-12,23-24H2,1-2H3. The van der Waals surface area contributed by atoms with E-state index in [0.717, 1.165) is 31.4 Å². The van der Waals surface area contributed by atoms with Gasteiger partial charge in [-0.15, -0.1) is 0 Å². The first-order valence-electron chi connectivity index (χ1n) is 14.7. The van der Waals surface area contributed by atoms with Gasteiger partial charge in [0.25, 0.3) is 0 Å². The Morgan fingerprint density at radius 1 is 0.548 bits per heavy atom. The van der Waals surface area contributed by atoms with Gasteiger partial charge in [-0.2, -0.15) is 19.0 Å². The summed E-state index contributed by atoms with van der Waals surface area (Å²) in [5, 5.41) is 8.39. The number of unbranched alkanes of at least 4 members (excludes halogenated alkanes) is 8. The van der Waals surface area contributed by atoms with Crippen LogP contribution in [-0.4, -0.2) is 13.2 Å². The first-order chi connectivity index (χ1) is 20.4. The van der Waals surface area contributed by atoms with Crippen LogP contribution in [-0.2, 0) is 0 Å². The van der Waals surface area contributed by atoms with Crippen LogP contribution in [0.2, 0.25) is 0 Å². The summed E-state index contributed by atoms with van der Waals surface area (Å²) in [7, 11) is 0. The molecular weight excluding hydrogens is 544 g/mol. The van der Waals surface area contributed by atoms with E-state index < -0.39 is 34.6 Å². The van der Waals surface area contributed by atoms with E-state index in [0.29, 0.717) is 30.0 Å². The lowest BCUT2D eigenvalue weighted by atomic mass is 10.1. The maximum Gasteiger partial charge on any atom is 0.205 e. The molecule has 0 aromatic heterocycles. The maximum absolute atomic E-state index is 14.5. The SMILES string of the molecule is CCCCCCCCOc1ccc(N=Nc2ccc(C#Cc3c(F)c(F)c(OCCCCCC)c(F)c3F)cc2)cc1.